The minimum Gasteiger partial charge on any atom is -0.487 e. The molecular formula is C16H23FN2O2. The zero-order valence-corrected chi connectivity index (χ0v) is 12.4. The lowest BCUT2D eigenvalue weighted by atomic mass is 10.2. The fourth-order valence-electron chi connectivity index (χ4n) is 2.44. The summed E-state index contributed by atoms with van der Waals surface area (Å²) in [5, 5.41) is 2.67. The van der Waals surface area contributed by atoms with Crippen LogP contribution in [0.4, 0.5) is 10.1 Å². The number of benzene rings is 1. The summed E-state index contributed by atoms with van der Waals surface area (Å²) in [6.07, 6.45) is 5.30. The van der Waals surface area contributed by atoms with Crippen molar-refractivity contribution in [1.29, 1.82) is 0 Å². The number of nitrogens with two attached hydrogens (primary N) is 1. The van der Waals surface area contributed by atoms with Gasteiger partial charge in [0.2, 0.25) is 5.91 Å². The van der Waals surface area contributed by atoms with Crippen molar-refractivity contribution in [2.75, 3.05) is 5.32 Å². The SMILES string of the molecule is CC(N)CCC(=O)Nc1ccc(OC2CCCC2)c(F)c1. The van der Waals surface area contributed by atoms with E-state index in [1.165, 1.54) is 6.07 Å². The smallest absolute Gasteiger partial charge is 0.224 e. The van der Waals surface area contributed by atoms with E-state index in [2.05, 4.69) is 5.32 Å². The summed E-state index contributed by atoms with van der Waals surface area (Å²) in [7, 11) is 0. The first kappa shape index (κ1) is 15.8. The van der Waals surface area contributed by atoms with Gasteiger partial charge in [-0.25, -0.2) is 4.39 Å². The Labute approximate surface area is 124 Å². The van der Waals surface area contributed by atoms with Gasteiger partial charge in [-0.15, -0.1) is 0 Å². The molecule has 0 radical (unpaired) electrons. The van der Waals surface area contributed by atoms with Crippen LogP contribution in [0.3, 0.4) is 0 Å². The Morgan fingerprint density at radius 3 is 2.81 bits per heavy atom. The standard InChI is InChI=1S/C16H23FN2O2/c1-11(18)6-9-16(20)19-12-7-8-15(14(17)10-12)21-13-4-2-3-5-13/h7-8,10-11,13H,2-6,9,18H2,1H3,(H,19,20). The lowest BCUT2D eigenvalue weighted by Crippen LogP contribution is -2.19. The maximum atomic E-state index is 14.0. The molecule has 0 bridgehead atoms. The average molecular weight is 294 g/mol. The molecule has 0 aliphatic heterocycles. The van der Waals surface area contributed by atoms with Gasteiger partial charge in [0.25, 0.3) is 0 Å². The number of rotatable bonds is 6. The summed E-state index contributed by atoms with van der Waals surface area (Å²) < 4.78 is 19.6. The molecule has 1 aromatic carbocycles. The van der Waals surface area contributed by atoms with Crippen LogP contribution >= 0.6 is 0 Å². The van der Waals surface area contributed by atoms with E-state index in [1.807, 2.05) is 6.92 Å². The Balaban J connectivity index is 1.90. The number of nitrogens with one attached hydrogen (secondary N) is 1. The van der Waals surface area contributed by atoms with Gasteiger partial charge in [0.1, 0.15) is 0 Å². The van der Waals surface area contributed by atoms with Crippen molar-refractivity contribution in [1.82, 2.24) is 0 Å². The quantitative estimate of drug-likeness (QED) is 0.846. The molecule has 1 atom stereocenters. The van der Waals surface area contributed by atoms with Crippen molar-refractivity contribution in [3.8, 4) is 5.75 Å². The van der Waals surface area contributed by atoms with E-state index in [0.29, 0.717) is 18.5 Å². The Morgan fingerprint density at radius 2 is 2.19 bits per heavy atom. The second-order valence-corrected chi connectivity index (χ2v) is 5.73. The van der Waals surface area contributed by atoms with Gasteiger partial charge in [-0.2, -0.15) is 0 Å². The molecular weight excluding hydrogens is 271 g/mol. The van der Waals surface area contributed by atoms with E-state index in [0.717, 1.165) is 25.7 Å². The van der Waals surface area contributed by atoms with Crippen LogP contribution in [0.25, 0.3) is 0 Å². The maximum Gasteiger partial charge on any atom is 0.224 e. The Bertz CT molecular complexity index is 485. The monoisotopic (exact) mass is 294 g/mol. The largest absolute Gasteiger partial charge is 0.487 e. The van der Waals surface area contributed by atoms with Gasteiger partial charge in [-0.1, -0.05) is 0 Å². The molecule has 1 amide bonds. The van der Waals surface area contributed by atoms with E-state index < -0.39 is 5.82 Å². The van der Waals surface area contributed by atoms with E-state index in [1.54, 1.807) is 12.1 Å². The highest BCUT2D eigenvalue weighted by molar-refractivity contribution is 5.90. The number of halogens is 1. The predicted molar refractivity (Wildman–Crippen MR) is 80.8 cm³/mol. The summed E-state index contributed by atoms with van der Waals surface area (Å²) in [6, 6.07) is 4.52. The third kappa shape index (κ3) is 5.01. The van der Waals surface area contributed by atoms with Gasteiger partial charge in [-0.3, -0.25) is 4.79 Å². The summed E-state index contributed by atoms with van der Waals surface area (Å²) in [6.45, 7) is 1.85. The first-order valence-electron chi connectivity index (χ1n) is 7.56. The van der Waals surface area contributed by atoms with Crippen LogP contribution in [0.2, 0.25) is 0 Å². The van der Waals surface area contributed by atoms with E-state index in [4.69, 9.17) is 10.5 Å². The van der Waals surface area contributed by atoms with Crippen LogP contribution in [-0.4, -0.2) is 18.1 Å². The van der Waals surface area contributed by atoms with Gasteiger partial charge in [0.05, 0.1) is 6.10 Å². The summed E-state index contributed by atoms with van der Waals surface area (Å²) in [5.41, 5.74) is 6.04. The maximum absolute atomic E-state index is 14.0. The zero-order chi connectivity index (χ0) is 15.2. The molecule has 0 saturated heterocycles. The predicted octanol–water partition coefficient (Wildman–Crippen LogP) is 3.21. The Morgan fingerprint density at radius 1 is 1.48 bits per heavy atom. The van der Waals surface area contributed by atoms with Crippen molar-refractivity contribution >= 4 is 11.6 Å². The van der Waals surface area contributed by atoms with Crippen molar-refractivity contribution < 1.29 is 13.9 Å². The van der Waals surface area contributed by atoms with Crippen LogP contribution < -0.4 is 15.8 Å². The second-order valence-electron chi connectivity index (χ2n) is 5.73. The molecule has 0 heterocycles. The number of ether oxygens (including phenoxy) is 1. The third-order valence-corrected chi connectivity index (χ3v) is 3.64. The third-order valence-electron chi connectivity index (χ3n) is 3.64. The number of hydrogen-bond acceptors (Lipinski definition) is 3. The lowest BCUT2D eigenvalue weighted by Gasteiger charge is -2.14. The van der Waals surface area contributed by atoms with Gasteiger partial charge in [0.15, 0.2) is 11.6 Å². The first-order valence-corrected chi connectivity index (χ1v) is 7.56. The van der Waals surface area contributed by atoms with Gasteiger partial charge in [0, 0.05) is 24.2 Å². The van der Waals surface area contributed by atoms with Crippen LogP contribution in [-0.2, 0) is 4.79 Å². The molecule has 1 aliphatic carbocycles. The summed E-state index contributed by atoms with van der Waals surface area (Å²) >= 11 is 0. The molecule has 1 aliphatic rings. The lowest BCUT2D eigenvalue weighted by molar-refractivity contribution is -0.116. The number of amides is 1. The van der Waals surface area contributed by atoms with Crippen molar-refractivity contribution in [2.24, 2.45) is 5.73 Å². The van der Waals surface area contributed by atoms with Gasteiger partial charge < -0.3 is 15.8 Å². The highest BCUT2D eigenvalue weighted by atomic mass is 19.1. The minimum absolute atomic E-state index is 0.0188. The fraction of sp³-hybridized carbons (Fsp3) is 0.562. The Hall–Kier alpha value is -1.62. The van der Waals surface area contributed by atoms with E-state index in [-0.39, 0.29) is 23.8 Å². The molecule has 3 N–H and O–H groups in total. The van der Waals surface area contributed by atoms with Crippen LogP contribution in [0.1, 0.15) is 45.4 Å². The van der Waals surface area contributed by atoms with Gasteiger partial charge >= 0.3 is 0 Å². The molecule has 4 nitrogen and oxygen atoms in total. The van der Waals surface area contributed by atoms with Crippen LogP contribution in [0.15, 0.2) is 18.2 Å². The van der Waals surface area contributed by atoms with Crippen molar-refractivity contribution in [3.05, 3.63) is 24.0 Å². The topological polar surface area (TPSA) is 64.4 Å². The number of carbonyl (C=O) groups is 1. The molecule has 21 heavy (non-hydrogen) atoms. The molecule has 5 heteroatoms. The highest BCUT2D eigenvalue weighted by Gasteiger charge is 2.18. The second kappa shape index (κ2) is 7.41. The molecule has 1 saturated carbocycles. The number of hydrogen-bond donors (Lipinski definition) is 2. The molecule has 2 rings (SSSR count). The Kier molecular flexibility index (Phi) is 5.56. The molecule has 116 valence electrons. The minimum atomic E-state index is -0.438. The zero-order valence-electron chi connectivity index (χ0n) is 12.4. The first-order chi connectivity index (χ1) is 10.0. The molecule has 0 aromatic heterocycles. The van der Waals surface area contributed by atoms with Crippen LogP contribution in [0, 0.1) is 5.82 Å². The number of anilines is 1. The molecule has 1 aromatic rings. The van der Waals surface area contributed by atoms with Crippen LogP contribution in [0.5, 0.6) is 5.75 Å². The van der Waals surface area contributed by atoms with E-state index in [9.17, 15) is 9.18 Å². The van der Waals surface area contributed by atoms with E-state index >= 15 is 0 Å². The normalized spacial score (nSPS) is 16.7. The molecule has 1 fully saturated rings. The summed E-state index contributed by atoms with van der Waals surface area (Å²) in [4.78, 5) is 11.7. The average Bonchev–Trinajstić information content (AvgIpc) is 2.92. The van der Waals surface area contributed by atoms with Crippen molar-refractivity contribution in [3.63, 3.8) is 0 Å². The number of carbonyl (C=O) groups excluding carboxylic acids is 1. The summed E-state index contributed by atoms with van der Waals surface area (Å²) in [5.74, 6) is -0.335. The molecule has 1 unspecified atom stereocenters. The van der Waals surface area contributed by atoms with Crippen molar-refractivity contribution in [2.45, 2.75) is 57.6 Å². The highest BCUT2D eigenvalue weighted by Crippen LogP contribution is 2.27. The van der Waals surface area contributed by atoms with Gasteiger partial charge in [-0.05, 0) is 51.2 Å². The molecule has 0 spiro atoms. The fourth-order valence-corrected chi connectivity index (χ4v) is 2.44.